The number of benzene rings is 1. The third-order valence-corrected chi connectivity index (χ3v) is 3.04. The number of nitrogens with one attached hydrogen (secondary N) is 1. The SMILES string of the molecule is COc1ccc(CNC2CC2)c(OCC=CCl)c1. The second kappa shape index (κ2) is 6.66. The molecule has 1 aliphatic carbocycles. The summed E-state index contributed by atoms with van der Waals surface area (Å²) in [7, 11) is 1.65. The van der Waals surface area contributed by atoms with Crippen LogP contribution in [0.5, 0.6) is 11.5 Å². The van der Waals surface area contributed by atoms with Crippen molar-refractivity contribution in [3.8, 4) is 11.5 Å². The van der Waals surface area contributed by atoms with Gasteiger partial charge >= 0.3 is 0 Å². The van der Waals surface area contributed by atoms with Crippen LogP contribution in [-0.4, -0.2) is 19.8 Å². The normalized spacial score (nSPS) is 15.0. The molecule has 0 aliphatic heterocycles. The second-order valence-electron chi connectivity index (χ2n) is 4.30. The van der Waals surface area contributed by atoms with Crippen molar-refractivity contribution < 1.29 is 9.47 Å². The molecule has 2 rings (SSSR count). The monoisotopic (exact) mass is 267 g/mol. The van der Waals surface area contributed by atoms with Crippen LogP contribution in [0.15, 0.2) is 29.8 Å². The average Bonchev–Trinajstić information content (AvgIpc) is 3.21. The lowest BCUT2D eigenvalue weighted by molar-refractivity contribution is 0.351. The van der Waals surface area contributed by atoms with Gasteiger partial charge in [0, 0.05) is 29.8 Å². The van der Waals surface area contributed by atoms with Crippen molar-refractivity contribution in [2.75, 3.05) is 13.7 Å². The first-order chi connectivity index (χ1) is 8.83. The van der Waals surface area contributed by atoms with Crippen LogP contribution in [0.3, 0.4) is 0 Å². The molecule has 1 saturated carbocycles. The van der Waals surface area contributed by atoms with Gasteiger partial charge in [-0.05, 0) is 25.0 Å². The Bertz CT molecular complexity index is 416. The van der Waals surface area contributed by atoms with Crippen molar-refractivity contribution in [3.05, 3.63) is 35.4 Å². The average molecular weight is 268 g/mol. The van der Waals surface area contributed by atoms with Crippen molar-refractivity contribution >= 4 is 11.6 Å². The van der Waals surface area contributed by atoms with Gasteiger partial charge in [0.2, 0.25) is 0 Å². The molecule has 1 N–H and O–H groups in total. The molecule has 98 valence electrons. The zero-order chi connectivity index (χ0) is 12.8. The number of rotatable bonds is 7. The van der Waals surface area contributed by atoms with Gasteiger partial charge in [0.1, 0.15) is 18.1 Å². The van der Waals surface area contributed by atoms with Gasteiger partial charge in [-0.25, -0.2) is 0 Å². The third kappa shape index (κ3) is 3.93. The van der Waals surface area contributed by atoms with Crippen LogP contribution >= 0.6 is 11.6 Å². The van der Waals surface area contributed by atoms with Crippen molar-refractivity contribution in [1.29, 1.82) is 0 Å². The maximum absolute atomic E-state index is 5.68. The van der Waals surface area contributed by atoms with Gasteiger partial charge in [0.15, 0.2) is 0 Å². The summed E-state index contributed by atoms with van der Waals surface area (Å²) in [6.07, 6.45) is 4.32. The fraction of sp³-hybridized carbons (Fsp3) is 0.429. The summed E-state index contributed by atoms with van der Waals surface area (Å²) in [6, 6.07) is 6.58. The Labute approximate surface area is 113 Å². The highest BCUT2D eigenvalue weighted by Crippen LogP contribution is 2.26. The summed E-state index contributed by atoms with van der Waals surface area (Å²) in [5, 5.41) is 3.48. The third-order valence-electron chi connectivity index (χ3n) is 2.86. The Kier molecular flexibility index (Phi) is 4.90. The van der Waals surface area contributed by atoms with Crippen LogP contribution in [-0.2, 0) is 6.54 Å². The topological polar surface area (TPSA) is 30.5 Å². The summed E-state index contributed by atoms with van der Waals surface area (Å²) in [5.74, 6) is 1.65. The first-order valence-electron chi connectivity index (χ1n) is 6.12. The van der Waals surface area contributed by atoms with Gasteiger partial charge in [-0.1, -0.05) is 17.7 Å². The smallest absolute Gasteiger partial charge is 0.127 e. The minimum atomic E-state index is 0.465. The number of hydrogen-bond donors (Lipinski definition) is 1. The Morgan fingerprint density at radius 3 is 2.94 bits per heavy atom. The van der Waals surface area contributed by atoms with Gasteiger partial charge < -0.3 is 14.8 Å². The van der Waals surface area contributed by atoms with E-state index in [2.05, 4.69) is 5.32 Å². The van der Waals surface area contributed by atoms with Crippen LogP contribution in [0.4, 0.5) is 0 Å². The largest absolute Gasteiger partial charge is 0.497 e. The molecule has 4 heteroatoms. The molecule has 1 fully saturated rings. The van der Waals surface area contributed by atoms with E-state index in [0.29, 0.717) is 12.6 Å². The molecule has 1 aliphatic rings. The van der Waals surface area contributed by atoms with Crippen molar-refractivity contribution in [2.24, 2.45) is 0 Å². The number of methoxy groups -OCH3 is 1. The lowest BCUT2D eigenvalue weighted by atomic mass is 10.2. The first kappa shape index (κ1) is 13.2. The zero-order valence-corrected chi connectivity index (χ0v) is 11.2. The van der Waals surface area contributed by atoms with Gasteiger partial charge in [-0.15, -0.1) is 0 Å². The molecule has 0 spiro atoms. The Hall–Kier alpha value is -1.19. The molecular weight excluding hydrogens is 250 g/mol. The number of ether oxygens (including phenoxy) is 2. The predicted octanol–water partition coefficient (Wildman–Crippen LogP) is 3.08. The molecule has 3 nitrogen and oxygen atoms in total. The summed E-state index contributed by atoms with van der Waals surface area (Å²) >= 11 is 5.48. The maximum atomic E-state index is 5.68. The Morgan fingerprint density at radius 2 is 2.28 bits per heavy atom. The summed E-state index contributed by atoms with van der Waals surface area (Å²) < 4.78 is 10.9. The van der Waals surface area contributed by atoms with Gasteiger partial charge in [-0.2, -0.15) is 0 Å². The highest BCUT2D eigenvalue weighted by atomic mass is 35.5. The van der Waals surface area contributed by atoms with Gasteiger partial charge in [0.05, 0.1) is 7.11 Å². The standard InChI is InChI=1S/C14H18ClNO2/c1-17-13-6-3-11(10-16-12-4-5-12)14(9-13)18-8-2-7-15/h2-3,6-7,9,12,16H,4-5,8,10H2,1H3. The van der Waals surface area contributed by atoms with Crippen LogP contribution in [0.1, 0.15) is 18.4 Å². The van der Waals surface area contributed by atoms with Crippen molar-refractivity contribution in [3.63, 3.8) is 0 Å². The molecule has 0 radical (unpaired) electrons. The van der Waals surface area contributed by atoms with Crippen LogP contribution in [0.2, 0.25) is 0 Å². The minimum Gasteiger partial charge on any atom is -0.497 e. The van der Waals surface area contributed by atoms with Crippen molar-refractivity contribution in [1.82, 2.24) is 5.32 Å². The van der Waals surface area contributed by atoms with E-state index in [1.165, 1.54) is 18.4 Å². The summed E-state index contributed by atoms with van der Waals surface area (Å²) in [6.45, 7) is 1.29. The van der Waals surface area contributed by atoms with Crippen LogP contribution < -0.4 is 14.8 Å². The highest BCUT2D eigenvalue weighted by molar-refractivity contribution is 6.25. The Morgan fingerprint density at radius 1 is 1.44 bits per heavy atom. The molecule has 0 heterocycles. The second-order valence-corrected chi connectivity index (χ2v) is 4.55. The molecule has 1 aromatic carbocycles. The fourth-order valence-electron chi connectivity index (χ4n) is 1.66. The van der Waals surface area contributed by atoms with Crippen LogP contribution in [0, 0.1) is 0 Å². The quantitative estimate of drug-likeness (QED) is 0.824. The zero-order valence-electron chi connectivity index (χ0n) is 10.5. The highest BCUT2D eigenvalue weighted by Gasteiger charge is 2.20. The number of halogens is 1. The van der Waals surface area contributed by atoms with E-state index in [9.17, 15) is 0 Å². The van der Waals surface area contributed by atoms with Crippen LogP contribution in [0.25, 0.3) is 0 Å². The van der Waals surface area contributed by atoms with E-state index in [1.807, 2.05) is 18.2 Å². The van der Waals surface area contributed by atoms with E-state index in [0.717, 1.165) is 23.6 Å². The molecule has 0 atom stereocenters. The predicted molar refractivity (Wildman–Crippen MR) is 73.3 cm³/mol. The molecule has 0 saturated heterocycles. The lowest BCUT2D eigenvalue weighted by Crippen LogP contribution is -2.16. The molecular formula is C14H18ClNO2. The Balaban J connectivity index is 2.03. The van der Waals surface area contributed by atoms with Gasteiger partial charge in [0.25, 0.3) is 0 Å². The number of hydrogen-bond acceptors (Lipinski definition) is 3. The van der Waals surface area contributed by atoms with E-state index < -0.39 is 0 Å². The summed E-state index contributed by atoms with van der Waals surface area (Å²) in [5.41, 5.74) is 2.60. The first-order valence-corrected chi connectivity index (χ1v) is 6.55. The van der Waals surface area contributed by atoms with Crippen molar-refractivity contribution in [2.45, 2.75) is 25.4 Å². The molecule has 0 amide bonds. The fourth-order valence-corrected chi connectivity index (χ4v) is 1.73. The summed E-state index contributed by atoms with van der Waals surface area (Å²) in [4.78, 5) is 0. The van der Waals surface area contributed by atoms with E-state index >= 15 is 0 Å². The molecule has 0 bridgehead atoms. The molecule has 1 aromatic rings. The maximum Gasteiger partial charge on any atom is 0.127 e. The lowest BCUT2D eigenvalue weighted by Gasteiger charge is -2.12. The molecule has 0 aromatic heterocycles. The molecule has 0 unspecified atom stereocenters. The minimum absolute atomic E-state index is 0.465. The van der Waals surface area contributed by atoms with E-state index in [1.54, 1.807) is 13.2 Å². The van der Waals surface area contributed by atoms with E-state index in [-0.39, 0.29) is 0 Å². The molecule has 18 heavy (non-hydrogen) atoms. The van der Waals surface area contributed by atoms with Gasteiger partial charge in [-0.3, -0.25) is 0 Å². The van der Waals surface area contributed by atoms with E-state index in [4.69, 9.17) is 21.1 Å².